The molecule has 0 fully saturated rings. The third kappa shape index (κ3) is 3.89. The molecule has 0 saturated carbocycles. The van der Waals surface area contributed by atoms with Crippen molar-refractivity contribution in [2.45, 2.75) is 20.4 Å². The van der Waals surface area contributed by atoms with Crippen molar-refractivity contribution in [2.75, 3.05) is 7.11 Å². The number of pyridine rings is 1. The molecule has 0 bridgehead atoms. The molecule has 0 radical (unpaired) electrons. The number of nitrogens with one attached hydrogen (secondary N) is 1. The van der Waals surface area contributed by atoms with E-state index in [4.69, 9.17) is 21.1 Å². The van der Waals surface area contributed by atoms with Crippen molar-refractivity contribution < 1.29 is 14.3 Å². The van der Waals surface area contributed by atoms with Gasteiger partial charge in [0.2, 0.25) is 0 Å². The molecular formula is C16H17ClN2O3. The molecule has 1 aromatic carbocycles. The van der Waals surface area contributed by atoms with Crippen molar-refractivity contribution in [3.63, 3.8) is 0 Å². The van der Waals surface area contributed by atoms with Crippen LogP contribution in [0.1, 0.15) is 16.8 Å². The van der Waals surface area contributed by atoms with Crippen LogP contribution in [0.3, 0.4) is 0 Å². The van der Waals surface area contributed by atoms with E-state index in [0.717, 1.165) is 22.6 Å². The molecule has 2 aromatic rings. The number of aryl methyl sites for hydroxylation is 1. The zero-order chi connectivity index (χ0) is 16.1. The van der Waals surface area contributed by atoms with Gasteiger partial charge in [-0.1, -0.05) is 17.7 Å². The highest BCUT2D eigenvalue weighted by Gasteiger charge is 2.11. The Balaban J connectivity index is 2.00. The van der Waals surface area contributed by atoms with Crippen LogP contribution < -0.4 is 14.8 Å². The molecule has 1 N–H and O–H groups in total. The van der Waals surface area contributed by atoms with Gasteiger partial charge in [0.25, 0.3) is 0 Å². The average molecular weight is 321 g/mol. The number of methoxy groups -OCH3 is 1. The summed E-state index contributed by atoms with van der Waals surface area (Å²) in [7, 11) is 1.61. The largest absolute Gasteiger partial charge is 0.496 e. The minimum atomic E-state index is -0.567. The molecule has 0 saturated heterocycles. The predicted molar refractivity (Wildman–Crippen MR) is 84.6 cm³/mol. The maximum absolute atomic E-state index is 11.8. The van der Waals surface area contributed by atoms with Crippen LogP contribution in [0.15, 0.2) is 30.5 Å². The average Bonchev–Trinajstić information content (AvgIpc) is 2.47. The third-order valence-electron chi connectivity index (χ3n) is 3.16. The van der Waals surface area contributed by atoms with Gasteiger partial charge in [-0.2, -0.15) is 0 Å². The van der Waals surface area contributed by atoms with E-state index in [9.17, 15) is 4.79 Å². The molecule has 5 nitrogen and oxygen atoms in total. The summed E-state index contributed by atoms with van der Waals surface area (Å²) >= 11 is 5.83. The zero-order valence-electron chi connectivity index (χ0n) is 12.6. The summed E-state index contributed by atoms with van der Waals surface area (Å²) in [5, 5.41) is 3.16. The van der Waals surface area contributed by atoms with E-state index in [1.165, 1.54) is 0 Å². The van der Waals surface area contributed by atoms with Crippen molar-refractivity contribution in [1.82, 2.24) is 10.3 Å². The summed E-state index contributed by atoms with van der Waals surface area (Å²) in [6.07, 6.45) is 1.15. The standard InChI is InChI=1S/C16H17ClN2O3/c1-10-8-18-14(11(2)15(10)21-3)9-19-16(20)22-13-6-4-5-12(17)7-13/h4-8H,9H2,1-3H3,(H,19,20). The molecule has 1 amide bonds. The summed E-state index contributed by atoms with van der Waals surface area (Å²) in [5.41, 5.74) is 2.57. The van der Waals surface area contributed by atoms with Crippen LogP contribution in [0.4, 0.5) is 4.79 Å². The highest BCUT2D eigenvalue weighted by molar-refractivity contribution is 6.30. The van der Waals surface area contributed by atoms with Gasteiger partial charge >= 0.3 is 6.09 Å². The van der Waals surface area contributed by atoms with Gasteiger partial charge < -0.3 is 14.8 Å². The normalized spacial score (nSPS) is 10.2. The van der Waals surface area contributed by atoms with Gasteiger partial charge in [0.15, 0.2) is 0 Å². The number of benzene rings is 1. The number of carbonyl (C=O) groups excluding carboxylic acids is 1. The number of hydrogen-bond acceptors (Lipinski definition) is 4. The number of aromatic nitrogens is 1. The second-order valence-electron chi connectivity index (χ2n) is 4.75. The lowest BCUT2D eigenvalue weighted by molar-refractivity contribution is 0.200. The number of halogens is 1. The van der Waals surface area contributed by atoms with Crippen LogP contribution in [0.2, 0.25) is 5.02 Å². The van der Waals surface area contributed by atoms with Crippen LogP contribution in [0, 0.1) is 13.8 Å². The first-order valence-electron chi connectivity index (χ1n) is 6.71. The minimum absolute atomic E-state index is 0.252. The Morgan fingerprint density at radius 1 is 1.36 bits per heavy atom. The quantitative estimate of drug-likeness (QED) is 0.934. The summed E-state index contributed by atoms with van der Waals surface area (Å²) in [4.78, 5) is 16.1. The van der Waals surface area contributed by atoms with Gasteiger partial charge in [-0.25, -0.2) is 4.79 Å². The van der Waals surface area contributed by atoms with Crippen molar-refractivity contribution in [3.05, 3.63) is 52.3 Å². The predicted octanol–water partition coefficient (Wildman–Crippen LogP) is 3.65. The molecule has 0 aliphatic carbocycles. The Kier molecular flexibility index (Phi) is 5.22. The molecule has 22 heavy (non-hydrogen) atoms. The number of nitrogens with zero attached hydrogens (tertiary/aromatic N) is 1. The lowest BCUT2D eigenvalue weighted by Crippen LogP contribution is -2.27. The second-order valence-corrected chi connectivity index (χ2v) is 5.18. The maximum atomic E-state index is 11.8. The molecule has 6 heteroatoms. The Morgan fingerprint density at radius 3 is 2.82 bits per heavy atom. The van der Waals surface area contributed by atoms with Crippen LogP contribution in [-0.4, -0.2) is 18.2 Å². The van der Waals surface area contributed by atoms with Gasteiger partial charge in [-0.15, -0.1) is 0 Å². The zero-order valence-corrected chi connectivity index (χ0v) is 13.4. The van der Waals surface area contributed by atoms with Crippen molar-refractivity contribution in [3.8, 4) is 11.5 Å². The van der Waals surface area contributed by atoms with Gasteiger partial charge in [0, 0.05) is 22.3 Å². The van der Waals surface area contributed by atoms with Crippen molar-refractivity contribution >= 4 is 17.7 Å². The number of amides is 1. The van der Waals surface area contributed by atoms with Crippen molar-refractivity contribution in [1.29, 1.82) is 0 Å². The summed E-state index contributed by atoms with van der Waals surface area (Å²) < 4.78 is 10.5. The smallest absolute Gasteiger partial charge is 0.412 e. The first-order chi connectivity index (χ1) is 10.5. The number of hydrogen-bond donors (Lipinski definition) is 1. The van der Waals surface area contributed by atoms with Crippen LogP contribution in [-0.2, 0) is 6.54 Å². The van der Waals surface area contributed by atoms with E-state index >= 15 is 0 Å². The Hall–Kier alpha value is -2.27. The van der Waals surface area contributed by atoms with Gasteiger partial charge in [0.05, 0.1) is 19.3 Å². The number of carbonyl (C=O) groups is 1. The van der Waals surface area contributed by atoms with E-state index in [1.54, 1.807) is 37.6 Å². The second kappa shape index (κ2) is 7.13. The molecule has 2 rings (SSSR count). The maximum Gasteiger partial charge on any atom is 0.412 e. The molecular weight excluding hydrogens is 304 g/mol. The SMILES string of the molecule is COc1c(C)cnc(CNC(=O)Oc2cccc(Cl)c2)c1C. The van der Waals surface area contributed by atoms with E-state index < -0.39 is 6.09 Å². The fraction of sp³-hybridized carbons (Fsp3) is 0.250. The molecule has 0 aliphatic heterocycles. The summed E-state index contributed by atoms with van der Waals surface area (Å²) in [5.74, 6) is 1.16. The highest BCUT2D eigenvalue weighted by Crippen LogP contribution is 2.23. The monoisotopic (exact) mass is 320 g/mol. The van der Waals surface area contributed by atoms with E-state index in [0.29, 0.717) is 10.8 Å². The van der Waals surface area contributed by atoms with E-state index in [-0.39, 0.29) is 6.54 Å². The van der Waals surface area contributed by atoms with Gasteiger partial charge in [-0.05, 0) is 32.0 Å². The van der Waals surface area contributed by atoms with Crippen LogP contribution in [0.5, 0.6) is 11.5 Å². The molecule has 0 atom stereocenters. The minimum Gasteiger partial charge on any atom is -0.496 e. The lowest BCUT2D eigenvalue weighted by Gasteiger charge is -2.12. The number of rotatable bonds is 4. The van der Waals surface area contributed by atoms with Gasteiger partial charge in [0.1, 0.15) is 11.5 Å². The molecule has 0 aliphatic rings. The fourth-order valence-electron chi connectivity index (χ4n) is 2.08. The van der Waals surface area contributed by atoms with Crippen molar-refractivity contribution in [2.24, 2.45) is 0 Å². The fourth-order valence-corrected chi connectivity index (χ4v) is 2.26. The Bertz CT molecular complexity index is 689. The molecule has 116 valence electrons. The van der Waals surface area contributed by atoms with Gasteiger partial charge in [-0.3, -0.25) is 4.98 Å². The Morgan fingerprint density at radius 2 is 2.14 bits per heavy atom. The topological polar surface area (TPSA) is 60.5 Å². The molecule has 0 unspecified atom stereocenters. The van der Waals surface area contributed by atoms with E-state index in [1.807, 2.05) is 13.8 Å². The molecule has 0 spiro atoms. The highest BCUT2D eigenvalue weighted by atomic mass is 35.5. The van der Waals surface area contributed by atoms with Crippen LogP contribution >= 0.6 is 11.6 Å². The lowest BCUT2D eigenvalue weighted by atomic mass is 10.1. The summed E-state index contributed by atoms with van der Waals surface area (Å²) in [6.45, 7) is 4.07. The Labute approximate surface area is 134 Å². The first-order valence-corrected chi connectivity index (χ1v) is 7.09. The molecule has 1 aromatic heterocycles. The summed E-state index contributed by atoms with van der Waals surface area (Å²) in [6, 6.07) is 6.64. The molecule has 1 heterocycles. The first kappa shape index (κ1) is 16.1. The van der Waals surface area contributed by atoms with E-state index in [2.05, 4.69) is 10.3 Å². The third-order valence-corrected chi connectivity index (χ3v) is 3.39. The number of ether oxygens (including phenoxy) is 2. The van der Waals surface area contributed by atoms with Crippen LogP contribution in [0.25, 0.3) is 0 Å².